The molecule has 0 spiro atoms. The van der Waals surface area contributed by atoms with Crippen molar-refractivity contribution < 1.29 is 13.2 Å². The summed E-state index contributed by atoms with van der Waals surface area (Å²) in [5, 5.41) is 3.01. The molecule has 1 aromatic rings. The minimum Gasteiger partial charge on any atom is -0.309 e. The molecule has 1 aliphatic rings. The molecule has 18 heavy (non-hydrogen) atoms. The number of piperidine rings is 1. The third-order valence-electron chi connectivity index (χ3n) is 3.63. The molecule has 100 valence electrons. The molecule has 2 rings (SSSR count). The molecule has 1 aliphatic heterocycles. The minimum absolute atomic E-state index is 0.219. The molecule has 0 bridgehead atoms. The number of rotatable bonds is 2. The average Bonchev–Trinajstić information content (AvgIpc) is 2.38. The van der Waals surface area contributed by atoms with E-state index in [1.807, 2.05) is 31.2 Å². The van der Waals surface area contributed by atoms with E-state index in [4.69, 9.17) is 0 Å². The first kappa shape index (κ1) is 13.4. The summed E-state index contributed by atoms with van der Waals surface area (Å²) in [5.41, 5.74) is 1.90. The van der Waals surface area contributed by atoms with Crippen LogP contribution in [0, 0.1) is 5.92 Å². The molecule has 2 unspecified atom stereocenters. The van der Waals surface area contributed by atoms with E-state index in [0.717, 1.165) is 17.5 Å². The van der Waals surface area contributed by atoms with Crippen LogP contribution in [0.1, 0.15) is 36.9 Å². The molecular weight excluding hydrogens is 239 g/mol. The van der Waals surface area contributed by atoms with Crippen molar-refractivity contribution >= 4 is 0 Å². The van der Waals surface area contributed by atoms with E-state index in [-0.39, 0.29) is 6.42 Å². The predicted octanol–water partition coefficient (Wildman–Crippen LogP) is 3.85. The number of alkyl halides is 3. The maximum atomic E-state index is 13.0. The van der Waals surface area contributed by atoms with Gasteiger partial charge in [0.2, 0.25) is 0 Å². The first-order chi connectivity index (χ1) is 8.52. The van der Waals surface area contributed by atoms with E-state index in [2.05, 4.69) is 5.32 Å². The van der Waals surface area contributed by atoms with E-state index in [1.54, 1.807) is 0 Å². The van der Waals surface area contributed by atoms with Gasteiger partial charge in [0, 0.05) is 6.04 Å². The molecule has 2 atom stereocenters. The Labute approximate surface area is 105 Å². The van der Waals surface area contributed by atoms with Gasteiger partial charge in [-0.1, -0.05) is 31.2 Å². The van der Waals surface area contributed by atoms with Crippen LogP contribution in [0.5, 0.6) is 0 Å². The Morgan fingerprint density at radius 2 is 1.89 bits per heavy atom. The lowest BCUT2D eigenvalue weighted by Gasteiger charge is -2.34. The lowest BCUT2D eigenvalue weighted by Crippen LogP contribution is -2.41. The van der Waals surface area contributed by atoms with Gasteiger partial charge in [0.25, 0.3) is 0 Å². The van der Waals surface area contributed by atoms with E-state index < -0.39 is 18.1 Å². The SMILES string of the molecule is CCc1ccc(C2NCCCC2C(F)(F)F)cc1. The van der Waals surface area contributed by atoms with Gasteiger partial charge in [-0.3, -0.25) is 0 Å². The maximum absolute atomic E-state index is 13.0. The van der Waals surface area contributed by atoms with Gasteiger partial charge in [-0.25, -0.2) is 0 Å². The first-order valence-corrected chi connectivity index (χ1v) is 6.41. The molecule has 0 saturated carbocycles. The lowest BCUT2D eigenvalue weighted by molar-refractivity contribution is -0.189. The fourth-order valence-electron chi connectivity index (χ4n) is 2.55. The molecule has 1 heterocycles. The number of benzene rings is 1. The van der Waals surface area contributed by atoms with Crippen molar-refractivity contribution in [3.05, 3.63) is 35.4 Å². The molecule has 0 amide bonds. The largest absolute Gasteiger partial charge is 0.393 e. The Kier molecular flexibility index (Phi) is 3.95. The molecule has 4 heteroatoms. The molecule has 0 radical (unpaired) electrons. The van der Waals surface area contributed by atoms with Crippen LogP contribution in [0.15, 0.2) is 24.3 Å². The molecule has 1 fully saturated rings. The minimum atomic E-state index is -4.12. The van der Waals surface area contributed by atoms with Crippen LogP contribution in [0.2, 0.25) is 0 Å². The zero-order chi connectivity index (χ0) is 13.2. The van der Waals surface area contributed by atoms with Crippen molar-refractivity contribution in [1.29, 1.82) is 0 Å². The van der Waals surface area contributed by atoms with Crippen LogP contribution in [0.3, 0.4) is 0 Å². The van der Waals surface area contributed by atoms with Crippen molar-refractivity contribution in [3.63, 3.8) is 0 Å². The summed E-state index contributed by atoms with van der Waals surface area (Å²) in [6, 6.07) is 6.88. The number of halogens is 3. The maximum Gasteiger partial charge on any atom is 0.393 e. The Morgan fingerprint density at radius 3 is 2.44 bits per heavy atom. The number of aryl methyl sites for hydroxylation is 1. The van der Waals surface area contributed by atoms with Crippen molar-refractivity contribution in [1.82, 2.24) is 5.32 Å². The van der Waals surface area contributed by atoms with Gasteiger partial charge < -0.3 is 5.32 Å². The standard InChI is InChI=1S/C14H18F3N/c1-2-10-5-7-11(8-6-10)13-12(14(15,16)17)4-3-9-18-13/h5-8,12-13,18H,2-4,9H2,1H3. The summed E-state index contributed by atoms with van der Waals surface area (Å²) in [4.78, 5) is 0. The van der Waals surface area contributed by atoms with E-state index >= 15 is 0 Å². The third-order valence-corrected chi connectivity index (χ3v) is 3.63. The molecule has 1 saturated heterocycles. The quantitative estimate of drug-likeness (QED) is 0.848. The highest BCUT2D eigenvalue weighted by Crippen LogP contribution is 2.41. The average molecular weight is 257 g/mol. The van der Waals surface area contributed by atoms with Gasteiger partial charge in [-0.2, -0.15) is 13.2 Å². The first-order valence-electron chi connectivity index (χ1n) is 6.41. The fourth-order valence-corrected chi connectivity index (χ4v) is 2.55. The number of nitrogens with one attached hydrogen (secondary N) is 1. The van der Waals surface area contributed by atoms with Crippen LogP contribution in [-0.2, 0) is 6.42 Å². The van der Waals surface area contributed by atoms with E-state index in [9.17, 15) is 13.2 Å². The van der Waals surface area contributed by atoms with Crippen LogP contribution in [0.4, 0.5) is 13.2 Å². The van der Waals surface area contributed by atoms with Crippen LogP contribution < -0.4 is 5.32 Å². The Morgan fingerprint density at radius 1 is 1.22 bits per heavy atom. The van der Waals surface area contributed by atoms with Crippen LogP contribution in [0.25, 0.3) is 0 Å². The summed E-state index contributed by atoms with van der Waals surface area (Å²) < 4.78 is 38.9. The van der Waals surface area contributed by atoms with Gasteiger partial charge in [-0.05, 0) is 36.9 Å². The fraction of sp³-hybridized carbons (Fsp3) is 0.571. The highest BCUT2D eigenvalue weighted by Gasteiger charge is 2.45. The smallest absolute Gasteiger partial charge is 0.309 e. The third kappa shape index (κ3) is 2.86. The summed E-state index contributed by atoms with van der Waals surface area (Å²) in [6.45, 7) is 2.69. The summed E-state index contributed by atoms with van der Waals surface area (Å²) in [5.74, 6) is -1.27. The highest BCUT2D eigenvalue weighted by atomic mass is 19.4. The number of hydrogen-bond donors (Lipinski definition) is 1. The number of hydrogen-bond acceptors (Lipinski definition) is 1. The molecule has 1 nitrogen and oxygen atoms in total. The van der Waals surface area contributed by atoms with Gasteiger partial charge in [-0.15, -0.1) is 0 Å². The van der Waals surface area contributed by atoms with Gasteiger partial charge in [0.1, 0.15) is 0 Å². The zero-order valence-corrected chi connectivity index (χ0v) is 10.4. The molecular formula is C14H18F3N. The van der Waals surface area contributed by atoms with E-state index in [1.165, 1.54) is 0 Å². The monoisotopic (exact) mass is 257 g/mol. The second-order valence-corrected chi connectivity index (χ2v) is 4.82. The van der Waals surface area contributed by atoms with Crippen molar-refractivity contribution in [2.24, 2.45) is 5.92 Å². The zero-order valence-electron chi connectivity index (χ0n) is 10.4. The second-order valence-electron chi connectivity index (χ2n) is 4.82. The summed E-state index contributed by atoms with van der Waals surface area (Å²) in [7, 11) is 0. The van der Waals surface area contributed by atoms with E-state index in [0.29, 0.717) is 13.0 Å². The summed E-state index contributed by atoms with van der Waals surface area (Å²) in [6.07, 6.45) is -2.41. The van der Waals surface area contributed by atoms with Gasteiger partial charge in [0.05, 0.1) is 5.92 Å². The normalized spacial score (nSPS) is 25.1. The molecule has 0 aromatic heterocycles. The van der Waals surface area contributed by atoms with Crippen LogP contribution >= 0.6 is 0 Å². The van der Waals surface area contributed by atoms with Gasteiger partial charge in [0.15, 0.2) is 0 Å². The van der Waals surface area contributed by atoms with Crippen molar-refractivity contribution in [2.45, 2.75) is 38.4 Å². The lowest BCUT2D eigenvalue weighted by atomic mass is 9.85. The predicted molar refractivity (Wildman–Crippen MR) is 65.3 cm³/mol. The highest BCUT2D eigenvalue weighted by molar-refractivity contribution is 5.26. The Hall–Kier alpha value is -1.03. The van der Waals surface area contributed by atoms with Crippen molar-refractivity contribution in [2.75, 3.05) is 6.54 Å². The summed E-state index contributed by atoms with van der Waals surface area (Å²) >= 11 is 0. The topological polar surface area (TPSA) is 12.0 Å². The Bertz CT molecular complexity index is 383. The van der Waals surface area contributed by atoms with Gasteiger partial charge >= 0.3 is 6.18 Å². The van der Waals surface area contributed by atoms with Crippen molar-refractivity contribution in [3.8, 4) is 0 Å². The Balaban J connectivity index is 2.22. The van der Waals surface area contributed by atoms with Crippen LogP contribution in [-0.4, -0.2) is 12.7 Å². The molecule has 1 aromatic carbocycles. The molecule has 0 aliphatic carbocycles. The second kappa shape index (κ2) is 5.31. The molecule has 1 N–H and O–H groups in total.